The van der Waals surface area contributed by atoms with Crippen molar-refractivity contribution in [2.45, 2.75) is 31.7 Å². The van der Waals surface area contributed by atoms with Crippen LogP contribution in [-0.4, -0.2) is 33.5 Å². The summed E-state index contributed by atoms with van der Waals surface area (Å²) in [7, 11) is 0. The van der Waals surface area contributed by atoms with Gasteiger partial charge in [-0.25, -0.2) is 4.39 Å². The van der Waals surface area contributed by atoms with Crippen molar-refractivity contribution in [2.75, 3.05) is 11.1 Å². The zero-order chi connectivity index (χ0) is 20.8. The van der Waals surface area contributed by atoms with Crippen molar-refractivity contribution in [3.8, 4) is 0 Å². The summed E-state index contributed by atoms with van der Waals surface area (Å²) in [4.78, 5) is 37.5. The second kappa shape index (κ2) is 6.85. The van der Waals surface area contributed by atoms with Crippen molar-refractivity contribution in [2.24, 2.45) is 0 Å². The van der Waals surface area contributed by atoms with Crippen LogP contribution in [0.4, 0.5) is 15.8 Å². The molecule has 0 bridgehead atoms. The molecule has 1 unspecified atom stereocenters. The summed E-state index contributed by atoms with van der Waals surface area (Å²) in [6.07, 6.45) is -0.235. The third-order valence-electron chi connectivity index (χ3n) is 5.28. The van der Waals surface area contributed by atoms with E-state index in [1.807, 2.05) is 0 Å². The maximum Gasteiger partial charge on any atom is 0.279 e. The van der Waals surface area contributed by atoms with Crippen LogP contribution in [-0.2, 0) is 22.7 Å². The Labute approximate surface area is 165 Å². The Hall–Kier alpha value is -3.46. The first-order valence-electron chi connectivity index (χ1n) is 9.08. The highest BCUT2D eigenvalue weighted by Crippen LogP contribution is 2.36. The van der Waals surface area contributed by atoms with Gasteiger partial charge in [0.25, 0.3) is 11.8 Å². The lowest BCUT2D eigenvalue weighted by Gasteiger charge is -2.37. The van der Waals surface area contributed by atoms with Gasteiger partial charge in [-0.3, -0.25) is 24.6 Å². The van der Waals surface area contributed by atoms with Crippen molar-refractivity contribution in [3.05, 3.63) is 58.9 Å². The monoisotopic (exact) mass is 398 g/mol. The van der Waals surface area contributed by atoms with Gasteiger partial charge in [-0.1, -0.05) is 12.1 Å². The molecule has 9 heteroatoms. The molecule has 0 aromatic heterocycles. The van der Waals surface area contributed by atoms with Crippen molar-refractivity contribution in [3.63, 3.8) is 0 Å². The van der Waals surface area contributed by atoms with Gasteiger partial charge in [0.15, 0.2) is 0 Å². The molecule has 5 N–H and O–H groups in total. The maximum absolute atomic E-state index is 14.0. The minimum Gasteiger partial charge on any atom is -0.399 e. The number of fused-ring (bicyclic) bond motifs is 1. The number of carbonyl (C=O) groups excluding carboxylic acids is 3. The molecule has 2 heterocycles. The Kier molecular flexibility index (Phi) is 4.46. The highest BCUT2D eigenvalue weighted by molar-refractivity contribution is 6.07. The van der Waals surface area contributed by atoms with E-state index < -0.39 is 29.3 Å². The smallest absolute Gasteiger partial charge is 0.279 e. The van der Waals surface area contributed by atoms with E-state index in [-0.39, 0.29) is 25.9 Å². The van der Waals surface area contributed by atoms with Crippen molar-refractivity contribution >= 4 is 29.1 Å². The second-order valence-corrected chi connectivity index (χ2v) is 7.12. The number of hydrogen-bond acceptors (Lipinski definition) is 6. The standard InChI is InChI=1S/C20H19FN4O4/c21-15-8-12(22)5-4-11(15)9-23-16-3-1-2-13-14(16)10-25(18(13)27)20(29)7-6-17(26)24-19(20)28/h1-5,8,23,29H,6-7,9-10,22H2,(H,24,26,28). The van der Waals surface area contributed by atoms with Gasteiger partial charge in [-0.2, -0.15) is 0 Å². The summed E-state index contributed by atoms with van der Waals surface area (Å²) in [5.74, 6) is -2.35. The van der Waals surface area contributed by atoms with Gasteiger partial charge < -0.3 is 16.2 Å². The van der Waals surface area contributed by atoms with Crippen LogP contribution in [0.15, 0.2) is 36.4 Å². The Balaban J connectivity index is 1.58. The van der Waals surface area contributed by atoms with Gasteiger partial charge in [0, 0.05) is 47.5 Å². The molecule has 0 saturated carbocycles. The number of nitrogens with zero attached hydrogens (tertiary/aromatic N) is 1. The first kappa shape index (κ1) is 18.9. The maximum atomic E-state index is 14.0. The topological polar surface area (TPSA) is 125 Å². The minimum atomic E-state index is -2.09. The zero-order valence-corrected chi connectivity index (χ0v) is 15.4. The third-order valence-corrected chi connectivity index (χ3v) is 5.28. The number of hydrogen-bond donors (Lipinski definition) is 4. The van der Waals surface area contributed by atoms with E-state index in [9.17, 15) is 23.9 Å². The summed E-state index contributed by atoms with van der Waals surface area (Å²) in [5.41, 5.74) is 5.71. The summed E-state index contributed by atoms with van der Waals surface area (Å²) in [5, 5.41) is 16.0. The lowest BCUT2D eigenvalue weighted by Crippen LogP contribution is -2.63. The molecule has 8 nitrogen and oxygen atoms in total. The number of imide groups is 1. The molecule has 1 atom stereocenters. The Morgan fingerprint density at radius 1 is 1.24 bits per heavy atom. The predicted molar refractivity (Wildman–Crippen MR) is 102 cm³/mol. The van der Waals surface area contributed by atoms with Crippen LogP contribution in [0.25, 0.3) is 0 Å². The Bertz CT molecular complexity index is 1040. The fourth-order valence-electron chi connectivity index (χ4n) is 3.64. The highest BCUT2D eigenvalue weighted by Gasteiger charge is 2.51. The van der Waals surface area contributed by atoms with Gasteiger partial charge in [-0.05, 0) is 24.3 Å². The average molecular weight is 398 g/mol. The number of nitrogens with one attached hydrogen (secondary N) is 2. The van der Waals surface area contributed by atoms with E-state index >= 15 is 0 Å². The van der Waals surface area contributed by atoms with Crippen molar-refractivity contribution in [1.82, 2.24) is 10.2 Å². The molecule has 2 aromatic rings. The number of benzene rings is 2. The van der Waals surface area contributed by atoms with Crippen LogP contribution in [0.3, 0.4) is 0 Å². The van der Waals surface area contributed by atoms with Crippen molar-refractivity contribution in [1.29, 1.82) is 0 Å². The van der Waals surface area contributed by atoms with E-state index in [4.69, 9.17) is 5.73 Å². The molecule has 1 fully saturated rings. The van der Waals surface area contributed by atoms with E-state index in [2.05, 4.69) is 10.6 Å². The molecule has 0 radical (unpaired) electrons. The molecule has 0 aliphatic carbocycles. The Morgan fingerprint density at radius 3 is 2.76 bits per heavy atom. The van der Waals surface area contributed by atoms with Gasteiger partial charge >= 0.3 is 0 Å². The quantitative estimate of drug-likeness (QED) is 0.452. The molecule has 150 valence electrons. The molecule has 0 spiro atoms. The van der Waals surface area contributed by atoms with Crippen LogP contribution in [0.2, 0.25) is 0 Å². The molecule has 29 heavy (non-hydrogen) atoms. The SMILES string of the molecule is Nc1ccc(CNc2cccc3c2CN(C2(O)CCC(=O)NC2=O)C3=O)c(F)c1. The van der Waals surface area contributed by atoms with E-state index in [0.717, 1.165) is 4.90 Å². The number of halogens is 1. The van der Waals surface area contributed by atoms with Gasteiger partial charge in [0.05, 0.1) is 6.54 Å². The van der Waals surface area contributed by atoms with Crippen LogP contribution < -0.4 is 16.4 Å². The summed E-state index contributed by atoms with van der Waals surface area (Å²) < 4.78 is 14.0. The molecule has 1 saturated heterocycles. The van der Waals surface area contributed by atoms with Crippen LogP contribution in [0.5, 0.6) is 0 Å². The highest BCUT2D eigenvalue weighted by atomic mass is 19.1. The molecular formula is C20H19FN4O4. The summed E-state index contributed by atoms with van der Waals surface area (Å²) in [6, 6.07) is 9.40. The average Bonchev–Trinajstić information content (AvgIpc) is 3.02. The summed E-state index contributed by atoms with van der Waals surface area (Å²) in [6.45, 7) is 0.148. The lowest BCUT2D eigenvalue weighted by molar-refractivity contribution is -0.167. The first-order valence-corrected chi connectivity index (χ1v) is 9.08. The fraction of sp³-hybridized carbons (Fsp3) is 0.250. The number of aliphatic hydroxyl groups is 1. The number of nitrogen functional groups attached to an aromatic ring is 1. The van der Waals surface area contributed by atoms with E-state index in [1.165, 1.54) is 6.07 Å². The van der Waals surface area contributed by atoms with Crippen molar-refractivity contribution < 1.29 is 23.9 Å². The summed E-state index contributed by atoms with van der Waals surface area (Å²) >= 11 is 0. The molecule has 2 aliphatic rings. The number of amides is 3. The van der Waals surface area contributed by atoms with Gasteiger partial charge in [-0.15, -0.1) is 0 Å². The predicted octanol–water partition coefficient (Wildman–Crippen LogP) is 1.10. The molecule has 3 amide bonds. The third kappa shape index (κ3) is 3.19. The number of piperidine rings is 1. The number of nitrogens with two attached hydrogens (primary N) is 1. The van der Waals surface area contributed by atoms with Crippen LogP contribution in [0.1, 0.15) is 34.3 Å². The normalized spacial score (nSPS) is 21.2. The second-order valence-electron chi connectivity index (χ2n) is 7.12. The molecule has 2 aliphatic heterocycles. The molecule has 4 rings (SSSR count). The van der Waals surface area contributed by atoms with E-state index in [0.29, 0.717) is 28.1 Å². The largest absolute Gasteiger partial charge is 0.399 e. The number of anilines is 2. The minimum absolute atomic E-state index is 0.0142. The fourth-order valence-corrected chi connectivity index (χ4v) is 3.64. The lowest BCUT2D eigenvalue weighted by atomic mass is 10.00. The number of rotatable bonds is 4. The number of carbonyl (C=O) groups is 3. The van der Waals surface area contributed by atoms with Gasteiger partial charge in [0.2, 0.25) is 11.6 Å². The van der Waals surface area contributed by atoms with Gasteiger partial charge in [0.1, 0.15) is 5.82 Å². The van der Waals surface area contributed by atoms with E-state index in [1.54, 1.807) is 30.3 Å². The molecular weight excluding hydrogens is 379 g/mol. The Morgan fingerprint density at radius 2 is 2.03 bits per heavy atom. The van der Waals surface area contributed by atoms with Crippen LogP contribution >= 0.6 is 0 Å². The zero-order valence-electron chi connectivity index (χ0n) is 15.4. The first-order chi connectivity index (χ1) is 13.8. The molecule has 2 aromatic carbocycles. The van der Waals surface area contributed by atoms with Crippen LogP contribution in [0, 0.1) is 5.82 Å².